The highest BCUT2D eigenvalue weighted by Gasteiger charge is 2.34. The van der Waals surface area contributed by atoms with Gasteiger partial charge in [-0.2, -0.15) is 0 Å². The molecule has 3 atom stereocenters. The fourth-order valence-corrected chi connectivity index (χ4v) is 3.41. The first-order valence-electron chi connectivity index (χ1n) is 7.86. The molecule has 0 radical (unpaired) electrons. The second-order valence-electron chi connectivity index (χ2n) is 6.33. The zero-order valence-electron chi connectivity index (χ0n) is 12.8. The standard InChI is InChI=1S/C20H22O/c1-14-8-13-19(15(14)2)20(21)18-11-9-17(10-12-18)16-6-4-3-5-7-16/h3-7,9-12,14-15,19H,8,13H2,1-2H3/t14-,15+,19+/m1/s1. The zero-order chi connectivity index (χ0) is 14.8. The lowest BCUT2D eigenvalue weighted by molar-refractivity contribution is 0.0889. The summed E-state index contributed by atoms with van der Waals surface area (Å²) in [5.41, 5.74) is 3.22. The van der Waals surface area contributed by atoms with Gasteiger partial charge >= 0.3 is 0 Å². The molecular weight excluding hydrogens is 256 g/mol. The van der Waals surface area contributed by atoms with Crippen LogP contribution >= 0.6 is 0 Å². The molecule has 0 heterocycles. The topological polar surface area (TPSA) is 17.1 Å². The number of rotatable bonds is 3. The third-order valence-corrected chi connectivity index (χ3v) is 5.08. The van der Waals surface area contributed by atoms with Gasteiger partial charge in [0, 0.05) is 11.5 Å². The third kappa shape index (κ3) is 2.78. The molecule has 1 aliphatic carbocycles. The molecule has 21 heavy (non-hydrogen) atoms. The molecule has 1 aliphatic rings. The van der Waals surface area contributed by atoms with Crippen molar-refractivity contribution in [3.8, 4) is 11.1 Å². The molecule has 0 saturated heterocycles. The van der Waals surface area contributed by atoms with Gasteiger partial charge in [0.1, 0.15) is 0 Å². The predicted octanol–water partition coefficient (Wildman–Crippen LogP) is 5.22. The molecule has 0 aliphatic heterocycles. The number of benzene rings is 2. The lowest BCUT2D eigenvalue weighted by atomic mass is 9.86. The summed E-state index contributed by atoms with van der Waals surface area (Å²) < 4.78 is 0. The number of Topliss-reactive ketones (excluding diaryl/α,β-unsaturated/α-hetero) is 1. The Kier molecular flexibility index (Phi) is 3.92. The lowest BCUT2D eigenvalue weighted by Crippen LogP contribution is -2.19. The van der Waals surface area contributed by atoms with Crippen LogP contribution in [0.5, 0.6) is 0 Å². The molecule has 0 bridgehead atoms. The maximum atomic E-state index is 12.7. The smallest absolute Gasteiger partial charge is 0.166 e. The van der Waals surface area contributed by atoms with E-state index in [9.17, 15) is 4.79 Å². The van der Waals surface area contributed by atoms with Crippen molar-refractivity contribution in [3.05, 3.63) is 60.2 Å². The first-order chi connectivity index (χ1) is 10.2. The van der Waals surface area contributed by atoms with Crippen molar-refractivity contribution < 1.29 is 4.79 Å². The van der Waals surface area contributed by atoms with Gasteiger partial charge in [-0.25, -0.2) is 0 Å². The summed E-state index contributed by atoms with van der Waals surface area (Å²) in [5, 5.41) is 0. The summed E-state index contributed by atoms with van der Waals surface area (Å²) in [7, 11) is 0. The Morgan fingerprint density at radius 1 is 0.857 bits per heavy atom. The zero-order valence-corrected chi connectivity index (χ0v) is 12.8. The Bertz CT molecular complexity index is 612. The van der Waals surface area contributed by atoms with Crippen LogP contribution in [0.2, 0.25) is 0 Å². The van der Waals surface area contributed by atoms with E-state index in [0.717, 1.165) is 12.0 Å². The molecule has 3 rings (SSSR count). The van der Waals surface area contributed by atoms with Crippen molar-refractivity contribution >= 4 is 5.78 Å². The predicted molar refractivity (Wildman–Crippen MR) is 87.3 cm³/mol. The van der Waals surface area contributed by atoms with Crippen LogP contribution in [0.25, 0.3) is 11.1 Å². The van der Waals surface area contributed by atoms with Gasteiger partial charge in [-0.05, 0) is 35.8 Å². The number of ketones is 1. The second kappa shape index (κ2) is 5.85. The highest BCUT2D eigenvalue weighted by Crippen LogP contribution is 2.38. The van der Waals surface area contributed by atoms with Crippen LogP contribution in [0.1, 0.15) is 37.0 Å². The molecule has 1 nitrogen and oxygen atoms in total. The van der Waals surface area contributed by atoms with Gasteiger partial charge in [0.25, 0.3) is 0 Å². The quantitative estimate of drug-likeness (QED) is 0.704. The molecule has 1 saturated carbocycles. The first-order valence-corrected chi connectivity index (χ1v) is 7.86. The highest BCUT2D eigenvalue weighted by atomic mass is 16.1. The Morgan fingerprint density at radius 2 is 1.48 bits per heavy atom. The Balaban J connectivity index is 1.80. The normalized spacial score (nSPS) is 25.0. The second-order valence-corrected chi connectivity index (χ2v) is 6.33. The maximum absolute atomic E-state index is 12.7. The van der Waals surface area contributed by atoms with Crippen molar-refractivity contribution in [2.24, 2.45) is 17.8 Å². The van der Waals surface area contributed by atoms with Crippen LogP contribution < -0.4 is 0 Å². The summed E-state index contributed by atoms with van der Waals surface area (Å²) in [6.45, 7) is 4.48. The monoisotopic (exact) mass is 278 g/mol. The van der Waals surface area contributed by atoms with Gasteiger partial charge < -0.3 is 0 Å². The Labute approximate surface area is 127 Å². The molecule has 0 amide bonds. The molecule has 0 unspecified atom stereocenters. The summed E-state index contributed by atoms with van der Waals surface area (Å²) >= 11 is 0. The number of carbonyl (C=O) groups excluding carboxylic acids is 1. The van der Waals surface area contributed by atoms with E-state index in [1.165, 1.54) is 17.5 Å². The lowest BCUT2D eigenvalue weighted by Gasteiger charge is -2.17. The summed E-state index contributed by atoms with van der Waals surface area (Å²) in [5.74, 6) is 1.71. The molecular formula is C20H22O. The fraction of sp³-hybridized carbons (Fsp3) is 0.350. The van der Waals surface area contributed by atoms with E-state index in [4.69, 9.17) is 0 Å². The van der Waals surface area contributed by atoms with Crippen LogP contribution in [-0.2, 0) is 0 Å². The molecule has 2 aromatic rings. The van der Waals surface area contributed by atoms with E-state index < -0.39 is 0 Å². The average molecular weight is 278 g/mol. The van der Waals surface area contributed by atoms with Crippen molar-refractivity contribution in [1.82, 2.24) is 0 Å². The van der Waals surface area contributed by atoms with Crippen LogP contribution in [0.4, 0.5) is 0 Å². The number of hydrogen-bond acceptors (Lipinski definition) is 1. The van der Waals surface area contributed by atoms with Crippen LogP contribution in [-0.4, -0.2) is 5.78 Å². The molecule has 108 valence electrons. The SMILES string of the molecule is C[C@H]1[C@H](C)CC[C@@H]1C(=O)c1ccc(-c2ccccc2)cc1. The van der Waals surface area contributed by atoms with E-state index in [1.807, 2.05) is 30.3 Å². The van der Waals surface area contributed by atoms with E-state index in [1.54, 1.807) is 0 Å². The minimum atomic E-state index is 0.211. The summed E-state index contributed by atoms with van der Waals surface area (Å²) in [6.07, 6.45) is 2.22. The molecule has 1 heteroatoms. The van der Waals surface area contributed by atoms with Gasteiger partial charge in [0.2, 0.25) is 0 Å². The van der Waals surface area contributed by atoms with E-state index in [0.29, 0.717) is 17.6 Å². The van der Waals surface area contributed by atoms with Gasteiger partial charge in [0.15, 0.2) is 5.78 Å². The van der Waals surface area contributed by atoms with E-state index >= 15 is 0 Å². The van der Waals surface area contributed by atoms with E-state index in [-0.39, 0.29) is 5.92 Å². The van der Waals surface area contributed by atoms with Gasteiger partial charge in [0.05, 0.1) is 0 Å². The minimum Gasteiger partial charge on any atom is -0.294 e. The highest BCUT2D eigenvalue weighted by molar-refractivity contribution is 5.98. The van der Waals surface area contributed by atoms with Crippen LogP contribution in [0, 0.1) is 17.8 Å². The molecule has 1 fully saturated rings. The number of hydrogen-bond donors (Lipinski definition) is 0. The first kappa shape index (κ1) is 14.1. The van der Waals surface area contributed by atoms with Crippen LogP contribution in [0.3, 0.4) is 0 Å². The number of carbonyl (C=O) groups is 1. The minimum absolute atomic E-state index is 0.211. The van der Waals surface area contributed by atoms with Crippen LogP contribution in [0.15, 0.2) is 54.6 Å². The maximum Gasteiger partial charge on any atom is 0.166 e. The van der Waals surface area contributed by atoms with Gasteiger partial charge in [-0.3, -0.25) is 4.79 Å². The summed E-state index contributed by atoms with van der Waals surface area (Å²) in [4.78, 5) is 12.7. The van der Waals surface area contributed by atoms with E-state index in [2.05, 4.69) is 38.1 Å². The van der Waals surface area contributed by atoms with Crippen molar-refractivity contribution in [2.75, 3.05) is 0 Å². The molecule has 0 aromatic heterocycles. The van der Waals surface area contributed by atoms with Gasteiger partial charge in [-0.15, -0.1) is 0 Å². The molecule has 0 N–H and O–H groups in total. The van der Waals surface area contributed by atoms with Crippen molar-refractivity contribution in [2.45, 2.75) is 26.7 Å². The molecule has 0 spiro atoms. The summed E-state index contributed by atoms with van der Waals surface area (Å²) in [6, 6.07) is 18.4. The van der Waals surface area contributed by atoms with Gasteiger partial charge in [-0.1, -0.05) is 68.4 Å². The largest absolute Gasteiger partial charge is 0.294 e. The fourth-order valence-electron chi connectivity index (χ4n) is 3.41. The Morgan fingerprint density at radius 3 is 2.05 bits per heavy atom. The third-order valence-electron chi connectivity index (χ3n) is 5.08. The van der Waals surface area contributed by atoms with Crippen molar-refractivity contribution in [1.29, 1.82) is 0 Å². The average Bonchev–Trinajstić information content (AvgIpc) is 2.87. The molecule has 2 aromatic carbocycles. The Hall–Kier alpha value is -1.89. The van der Waals surface area contributed by atoms with Crippen molar-refractivity contribution in [3.63, 3.8) is 0 Å².